The number of aliphatic carboxylic acids is 3. The molecule has 0 saturated heterocycles. The Bertz CT molecular complexity index is 849. The van der Waals surface area contributed by atoms with Gasteiger partial charge in [0.05, 0.1) is 12.2 Å². The standard InChI is InChI=1S/C19H29FN6O8/c20-8-10-26-11-12(24-25-26)4-6-15(27)21-9-2-1-3-13(17(30)31)22-19(34)23-14(18(32)33)5-7-16(28)29/h11,13-14H,1-10H2,(H,21,27)(H,28,29)(H,30,31)(H,32,33)(H2,22,23,34). The number of nitrogens with zero attached hydrogens (tertiary/aromatic N) is 3. The molecule has 0 spiro atoms. The van der Waals surface area contributed by atoms with Crippen LogP contribution < -0.4 is 16.0 Å². The van der Waals surface area contributed by atoms with Gasteiger partial charge in [-0.15, -0.1) is 5.10 Å². The lowest BCUT2D eigenvalue weighted by atomic mass is 10.1. The van der Waals surface area contributed by atoms with Crippen molar-refractivity contribution >= 4 is 29.8 Å². The van der Waals surface area contributed by atoms with Gasteiger partial charge in [-0.1, -0.05) is 5.21 Å². The molecule has 1 rings (SSSR count). The number of nitrogens with one attached hydrogen (secondary N) is 3. The minimum Gasteiger partial charge on any atom is -0.481 e. The molecular weight excluding hydrogens is 459 g/mol. The van der Waals surface area contributed by atoms with Crippen LogP contribution >= 0.6 is 0 Å². The van der Waals surface area contributed by atoms with E-state index in [9.17, 15) is 33.5 Å². The molecule has 0 aromatic carbocycles. The summed E-state index contributed by atoms with van der Waals surface area (Å²) in [7, 11) is 0. The van der Waals surface area contributed by atoms with Gasteiger partial charge in [0.15, 0.2) is 0 Å². The molecule has 1 heterocycles. The summed E-state index contributed by atoms with van der Waals surface area (Å²) in [6, 6.07) is -3.81. The van der Waals surface area contributed by atoms with Gasteiger partial charge in [0.2, 0.25) is 5.91 Å². The van der Waals surface area contributed by atoms with Crippen LogP contribution in [0, 0.1) is 0 Å². The fourth-order valence-corrected chi connectivity index (χ4v) is 2.82. The van der Waals surface area contributed by atoms with Crippen LogP contribution in [0.1, 0.15) is 44.2 Å². The first kappa shape index (κ1) is 28.3. The van der Waals surface area contributed by atoms with Crippen molar-refractivity contribution in [2.24, 2.45) is 0 Å². The van der Waals surface area contributed by atoms with E-state index in [0.717, 1.165) is 0 Å². The number of urea groups is 1. The smallest absolute Gasteiger partial charge is 0.326 e. The summed E-state index contributed by atoms with van der Waals surface area (Å²) in [5.74, 6) is -4.24. The van der Waals surface area contributed by atoms with Gasteiger partial charge in [-0.2, -0.15) is 0 Å². The highest BCUT2D eigenvalue weighted by atomic mass is 19.1. The molecule has 2 unspecified atom stereocenters. The van der Waals surface area contributed by atoms with Crippen LogP contribution in [-0.2, 0) is 32.1 Å². The number of unbranched alkanes of at least 4 members (excludes halogenated alkanes) is 1. The average molecular weight is 488 g/mol. The average Bonchev–Trinajstić information content (AvgIpc) is 3.21. The molecule has 34 heavy (non-hydrogen) atoms. The Morgan fingerprint density at radius 1 is 0.971 bits per heavy atom. The molecule has 0 aliphatic carbocycles. The fourth-order valence-electron chi connectivity index (χ4n) is 2.82. The number of hydrogen-bond acceptors (Lipinski definition) is 7. The monoisotopic (exact) mass is 488 g/mol. The largest absolute Gasteiger partial charge is 0.481 e. The first-order valence-electron chi connectivity index (χ1n) is 10.6. The number of aromatic nitrogens is 3. The normalized spacial score (nSPS) is 12.4. The van der Waals surface area contributed by atoms with Gasteiger partial charge in [-0.05, 0) is 25.7 Å². The third kappa shape index (κ3) is 11.7. The van der Waals surface area contributed by atoms with Gasteiger partial charge in [0.1, 0.15) is 18.8 Å². The number of carboxylic acids is 3. The number of rotatable bonds is 17. The molecular formula is C19H29FN6O8. The highest BCUT2D eigenvalue weighted by Crippen LogP contribution is 2.03. The van der Waals surface area contributed by atoms with Crippen molar-refractivity contribution in [1.82, 2.24) is 30.9 Å². The lowest BCUT2D eigenvalue weighted by Crippen LogP contribution is -2.51. The highest BCUT2D eigenvalue weighted by molar-refractivity contribution is 5.86. The quantitative estimate of drug-likeness (QED) is 0.155. The van der Waals surface area contributed by atoms with E-state index in [0.29, 0.717) is 25.0 Å². The van der Waals surface area contributed by atoms with Crippen LogP contribution in [0.15, 0.2) is 6.20 Å². The molecule has 6 N–H and O–H groups in total. The minimum atomic E-state index is -1.48. The predicted molar refractivity (Wildman–Crippen MR) is 113 cm³/mol. The van der Waals surface area contributed by atoms with E-state index in [-0.39, 0.29) is 38.3 Å². The zero-order valence-electron chi connectivity index (χ0n) is 18.4. The molecule has 0 bridgehead atoms. The molecule has 0 aliphatic heterocycles. The Balaban J connectivity index is 2.31. The lowest BCUT2D eigenvalue weighted by molar-refractivity contribution is -0.140. The number of carbonyl (C=O) groups is 5. The SMILES string of the molecule is O=C(O)CCC(NC(=O)NC(CCCCNC(=O)CCc1cn(CCF)nn1)C(=O)O)C(=O)O. The van der Waals surface area contributed by atoms with Gasteiger partial charge in [0.25, 0.3) is 0 Å². The summed E-state index contributed by atoms with van der Waals surface area (Å²) in [5, 5.41) is 41.4. The molecule has 0 fully saturated rings. The Morgan fingerprint density at radius 2 is 1.62 bits per heavy atom. The Morgan fingerprint density at radius 3 is 2.21 bits per heavy atom. The number of aryl methyl sites for hydroxylation is 2. The summed E-state index contributed by atoms with van der Waals surface area (Å²) in [5.41, 5.74) is 0.561. The molecule has 2 atom stereocenters. The Labute approximate surface area is 193 Å². The topological polar surface area (TPSA) is 213 Å². The maximum absolute atomic E-state index is 12.2. The molecule has 190 valence electrons. The zero-order valence-corrected chi connectivity index (χ0v) is 18.4. The number of alkyl halides is 1. The van der Waals surface area contributed by atoms with Gasteiger partial charge >= 0.3 is 23.9 Å². The second kappa shape index (κ2) is 15.1. The van der Waals surface area contributed by atoms with Gasteiger partial charge in [-0.25, -0.2) is 23.5 Å². The number of carbonyl (C=O) groups excluding carboxylic acids is 2. The third-order valence-corrected chi connectivity index (χ3v) is 4.60. The summed E-state index contributed by atoms with van der Waals surface area (Å²) in [6.07, 6.45) is 2.02. The maximum atomic E-state index is 12.2. The maximum Gasteiger partial charge on any atom is 0.326 e. The summed E-state index contributed by atoms with van der Waals surface area (Å²) >= 11 is 0. The Kier molecular flexibility index (Phi) is 12.6. The molecule has 3 amide bonds. The van der Waals surface area contributed by atoms with Gasteiger partial charge in [0, 0.05) is 32.0 Å². The molecule has 1 aromatic heterocycles. The van der Waals surface area contributed by atoms with Crippen LogP contribution in [0.25, 0.3) is 0 Å². The van der Waals surface area contributed by atoms with E-state index < -0.39 is 49.1 Å². The second-order valence-corrected chi connectivity index (χ2v) is 7.34. The van der Waals surface area contributed by atoms with Crippen molar-refractivity contribution in [3.8, 4) is 0 Å². The zero-order chi connectivity index (χ0) is 25.5. The second-order valence-electron chi connectivity index (χ2n) is 7.34. The van der Waals surface area contributed by atoms with E-state index in [1.807, 2.05) is 5.32 Å². The van der Waals surface area contributed by atoms with E-state index in [4.69, 9.17) is 10.2 Å². The number of carboxylic acid groups (broad SMARTS) is 3. The van der Waals surface area contributed by atoms with E-state index in [1.165, 1.54) is 4.68 Å². The minimum absolute atomic E-state index is 0.0309. The van der Waals surface area contributed by atoms with E-state index in [2.05, 4.69) is 20.9 Å². The number of halogens is 1. The van der Waals surface area contributed by atoms with Gasteiger partial charge in [-0.3, -0.25) is 9.59 Å². The van der Waals surface area contributed by atoms with Crippen molar-refractivity contribution in [1.29, 1.82) is 0 Å². The van der Waals surface area contributed by atoms with E-state index in [1.54, 1.807) is 6.20 Å². The van der Waals surface area contributed by atoms with Crippen molar-refractivity contribution < 1.29 is 43.7 Å². The van der Waals surface area contributed by atoms with E-state index >= 15 is 0 Å². The molecule has 0 aliphatic rings. The summed E-state index contributed by atoms with van der Waals surface area (Å²) < 4.78 is 13.6. The summed E-state index contributed by atoms with van der Waals surface area (Å²) in [4.78, 5) is 56.9. The van der Waals surface area contributed by atoms with Crippen molar-refractivity contribution in [3.63, 3.8) is 0 Å². The number of hydrogen-bond donors (Lipinski definition) is 6. The van der Waals surface area contributed by atoms with Crippen LogP contribution in [0.2, 0.25) is 0 Å². The van der Waals surface area contributed by atoms with Crippen molar-refractivity contribution in [2.75, 3.05) is 13.2 Å². The molecule has 0 radical (unpaired) electrons. The highest BCUT2D eigenvalue weighted by Gasteiger charge is 2.24. The number of amides is 3. The first-order chi connectivity index (χ1) is 16.1. The fraction of sp³-hybridized carbons (Fsp3) is 0.632. The predicted octanol–water partition coefficient (Wildman–Crippen LogP) is -0.463. The first-order valence-corrected chi connectivity index (χ1v) is 10.6. The van der Waals surface area contributed by atoms with Gasteiger partial charge < -0.3 is 31.3 Å². The van der Waals surface area contributed by atoms with Crippen LogP contribution in [0.3, 0.4) is 0 Å². The van der Waals surface area contributed by atoms with Crippen LogP contribution in [-0.4, -0.2) is 85.5 Å². The van der Waals surface area contributed by atoms with Crippen molar-refractivity contribution in [3.05, 3.63) is 11.9 Å². The molecule has 1 aromatic rings. The third-order valence-electron chi connectivity index (χ3n) is 4.60. The molecule has 0 saturated carbocycles. The Hall–Kier alpha value is -3.78. The summed E-state index contributed by atoms with van der Waals surface area (Å²) in [6.45, 7) is -0.192. The lowest BCUT2D eigenvalue weighted by Gasteiger charge is -2.18. The van der Waals surface area contributed by atoms with Crippen molar-refractivity contribution in [2.45, 2.75) is 63.6 Å². The molecule has 14 nitrogen and oxygen atoms in total. The van der Waals surface area contributed by atoms with Crippen LogP contribution in [0.5, 0.6) is 0 Å². The molecule has 15 heteroatoms. The van der Waals surface area contributed by atoms with Crippen LogP contribution in [0.4, 0.5) is 9.18 Å².